The number of hydrogen-bond donors (Lipinski definition) is 1. The number of benzene rings is 3. The summed E-state index contributed by atoms with van der Waals surface area (Å²) >= 11 is 0. The second kappa shape index (κ2) is 8.60. The van der Waals surface area contributed by atoms with Crippen LogP contribution in [0.2, 0.25) is 0 Å². The van der Waals surface area contributed by atoms with Crippen molar-refractivity contribution in [3.05, 3.63) is 90.2 Å². The van der Waals surface area contributed by atoms with Gasteiger partial charge in [0.25, 0.3) is 5.91 Å². The van der Waals surface area contributed by atoms with Crippen molar-refractivity contribution in [2.45, 2.75) is 12.1 Å². The number of ether oxygens (including phenoxy) is 1. The van der Waals surface area contributed by atoms with Gasteiger partial charge in [-0.05, 0) is 42.5 Å². The minimum absolute atomic E-state index is 0.245. The van der Waals surface area contributed by atoms with E-state index < -0.39 is 48.3 Å². The number of hydroxylamine groups is 1. The van der Waals surface area contributed by atoms with E-state index in [9.17, 15) is 18.8 Å². The summed E-state index contributed by atoms with van der Waals surface area (Å²) < 4.78 is 18.9. The van der Waals surface area contributed by atoms with Crippen LogP contribution in [0.5, 0.6) is 5.75 Å². The van der Waals surface area contributed by atoms with Crippen LogP contribution >= 0.6 is 0 Å². The maximum Gasteiger partial charge on any atom is 0.341 e. The Balaban J connectivity index is 1.59. The Morgan fingerprint density at radius 2 is 1.59 bits per heavy atom. The third-order valence-electron chi connectivity index (χ3n) is 5.80. The van der Waals surface area contributed by atoms with Crippen molar-refractivity contribution in [1.82, 2.24) is 0 Å². The number of anilines is 2. The van der Waals surface area contributed by atoms with Crippen LogP contribution in [0.4, 0.5) is 15.8 Å². The number of aliphatic carboxylic acids is 1. The summed E-state index contributed by atoms with van der Waals surface area (Å²) in [7, 11) is 0. The highest BCUT2D eigenvalue weighted by atomic mass is 19.1. The number of halogens is 1. The molecule has 172 valence electrons. The molecule has 5 rings (SSSR count). The molecule has 2 saturated heterocycles. The standard InChI is InChI=1S/C25H19FN2O6/c26-15-10-12-16(13-11-15)27-24(31)21-22(18-8-4-5-9-19(18)33-14-20(29)30)28(34-23(21)25(27)32)17-6-2-1-3-7-17/h1-13,21-23H,14H2,(H,29,30)/t21-,22+,23+/m0/s1. The Kier molecular flexibility index (Phi) is 5.46. The summed E-state index contributed by atoms with van der Waals surface area (Å²) in [6.07, 6.45) is -1.12. The zero-order valence-electron chi connectivity index (χ0n) is 17.7. The molecule has 0 saturated carbocycles. The molecule has 0 unspecified atom stereocenters. The van der Waals surface area contributed by atoms with Gasteiger partial charge in [-0.1, -0.05) is 36.4 Å². The van der Waals surface area contributed by atoms with Gasteiger partial charge in [0.1, 0.15) is 17.5 Å². The first-order valence-corrected chi connectivity index (χ1v) is 10.5. The number of hydrogen-bond acceptors (Lipinski definition) is 6. The predicted octanol–water partition coefficient (Wildman–Crippen LogP) is 3.34. The van der Waals surface area contributed by atoms with Crippen molar-refractivity contribution in [1.29, 1.82) is 0 Å². The molecule has 9 heteroatoms. The third kappa shape index (κ3) is 3.65. The Morgan fingerprint density at radius 1 is 0.912 bits per heavy atom. The summed E-state index contributed by atoms with van der Waals surface area (Å²) in [5, 5.41) is 10.6. The van der Waals surface area contributed by atoms with Gasteiger partial charge in [0, 0.05) is 5.56 Å². The number of carboxylic acids is 1. The third-order valence-corrected chi connectivity index (χ3v) is 5.80. The van der Waals surface area contributed by atoms with Crippen LogP contribution in [-0.2, 0) is 19.2 Å². The van der Waals surface area contributed by atoms with E-state index in [1.807, 2.05) is 6.07 Å². The number of carboxylic acid groups (broad SMARTS) is 1. The van der Waals surface area contributed by atoms with Crippen LogP contribution in [0.15, 0.2) is 78.9 Å². The maximum absolute atomic E-state index is 13.6. The molecule has 0 radical (unpaired) electrons. The Hall–Kier alpha value is -4.24. The first-order chi connectivity index (χ1) is 16.5. The molecule has 2 aliphatic rings. The first-order valence-electron chi connectivity index (χ1n) is 10.5. The highest BCUT2D eigenvalue weighted by Gasteiger charge is 2.60. The van der Waals surface area contributed by atoms with Crippen molar-refractivity contribution in [2.75, 3.05) is 16.6 Å². The molecule has 0 bridgehead atoms. The Bertz CT molecular complexity index is 1250. The normalized spacial score (nSPS) is 21.6. The molecule has 3 aromatic carbocycles. The first kappa shape index (κ1) is 21.6. The fraction of sp³-hybridized carbons (Fsp3) is 0.160. The fourth-order valence-electron chi connectivity index (χ4n) is 4.37. The largest absolute Gasteiger partial charge is 0.482 e. The van der Waals surface area contributed by atoms with Crippen molar-refractivity contribution in [2.24, 2.45) is 5.92 Å². The van der Waals surface area contributed by atoms with E-state index in [0.717, 1.165) is 4.90 Å². The lowest BCUT2D eigenvalue weighted by Gasteiger charge is -2.29. The average molecular weight is 462 g/mol. The number of para-hydroxylation sites is 2. The molecule has 3 atom stereocenters. The van der Waals surface area contributed by atoms with Gasteiger partial charge in [0.15, 0.2) is 12.7 Å². The summed E-state index contributed by atoms with van der Waals surface area (Å²) in [5.74, 6) is -3.37. The van der Waals surface area contributed by atoms with Crippen molar-refractivity contribution >= 4 is 29.2 Å². The van der Waals surface area contributed by atoms with Crippen molar-refractivity contribution < 1.29 is 33.5 Å². The van der Waals surface area contributed by atoms with Gasteiger partial charge in [-0.3, -0.25) is 14.4 Å². The van der Waals surface area contributed by atoms with Gasteiger partial charge in [0.05, 0.1) is 17.4 Å². The van der Waals surface area contributed by atoms with E-state index in [2.05, 4.69) is 0 Å². The van der Waals surface area contributed by atoms with E-state index in [-0.39, 0.29) is 11.4 Å². The molecular weight excluding hydrogens is 443 g/mol. The molecule has 0 aliphatic carbocycles. The van der Waals surface area contributed by atoms with Crippen LogP contribution in [0, 0.1) is 11.7 Å². The molecule has 3 aromatic rings. The summed E-state index contributed by atoms with van der Waals surface area (Å²) in [5.41, 5.74) is 1.36. The van der Waals surface area contributed by atoms with E-state index >= 15 is 0 Å². The number of amides is 2. The average Bonchev–Trinajstić information content (AvgIpc) is 3.35. The maximum atomic E-state index is 13.6. The smallest absolute Gasteiger partial charge is 0.341 e. The SMILES string of the molecule is O=C(O)COc1ccccc1[C@@H]1[C@@H]2C(=O)N(c3ccc(F)cc3)C(=O)[C@@H]2ON1c1ccccc1. The van der Waals surface area contributed by atoms with E-state index in [1.165, 1.54) is 29.3 Å². The molecule has 34 heavy (non-hydrogen) atoms. The summed E-state index contributed by atoms with van der Waals surface area (Å²) in [6, 6.07) is 20.0. The lowest BCUT2D eigenvalue weighted by molar-refractivity contribution is -0.139. The number of carbonyl (C=O) groups excluding carboxylic acids is 2. The number of fused-ring (bicyclic) bond motifs is 1. The number of imide groups is 1. The molecule has 0 aromatic heterocycles. The molecule has 1 N–H and O–H groups in total. The van der Waals surface area contributed by atoms with Crippen LogP contribution in [0.1, 0.15) is 11.6 Å². The number of carbonyl (C=O) groups is 3. The highest BCUT2D eigenvalue weighted by Crippen LogP contribution is 2.49. The zero-order valence-corrected chi connectivity index (χ0v) is 17.7. The topological polar surface area (TPSA) is 96.4 Å². The van der Waals surface area contributed by atoms with E-state index in [1.54, 1.807) is 48.5 Å². The van der Waals surface area contributed by atoms with Crippen LogP contribution in [0.3, 0.4) is 0 Å². The lowest BCUT2D eigenvalue weighted by atomic mass is 9.90. The van der Waals surface area contributed by atoms with Crippen LogP contribution in [0.25, 0.3) is 0 Å². The molecule has 8 nitrogen and oxygen atoms in total. The minimum Gasteiger partial charge on any atom is -0.482 e. The van der Waals surface area contributed by atoms with Crippen molar-refractivity contribution in [3.63, 3.8) is 0 Å². The quantitative estimate of drug-likeness (QED) is 0.562. The summed E-state index contributed by atoms with van der Waals surface area (Å²) in [6.45, 7) is -0.571. The van der Waals surface area contributed by atoms with E-state index in [4.69, 9.17) is 14.7 Å². The van der Waals surface area contributed by atoms with Gasteiger partial charge < -0.3 is 9.84 Å². The second-order valence-corrected chi connectivity index (χ2v) is 7.87. The highest BCUT2D eigenvalue weighted by molar-refractivity contribution is 6.23. The second-order valence-electron chi connectivity index (χ2n) is 7.87. The Labute approximate surface area is 193 Å². The fourth-order valence-corrected chi connectivity index (χ4v) is 4.37. The predicted molar refractivity (Wildman–Crippen MR) is 118 cm³/mol. The molecule has 2 amide bonds. The van der Waals surface area contributed by atoms with Gasteiger partial charge >= 0.3 is 5.97 Å². The molecule has 2 heterocycles. The van der Waals surface area contributed by atoms with Gasteiger partial charge in [0.2, 0.25) is 5.91 Å². The minimum atomic E-state index is -1.15. The van der Waals surface area contributed by atoms with Gasteiger partial charge in [-0.15, -0.1) is 0 Å². The van der Waals surface area contributed by atoms with Crippen LogP contribution < -0.4 is 14.7 Å². The van der Waals surface area contributed by atoms with Gasteiger partial charge in [-0.25, -0.2) is 19.1 Å². The monoisotopic (exact) mass is 462 g/mol. The Morgan fingerprint density at radius 3 is 2.29 bits per heavy atom. The molecule has 0 spiro atoms. The lowest BCUT2D eigenvalue weighted by Crippen LogP contribution is -2.37. The number of nitrogens with zero attached hydrogens (tertiary/aromatic N) is 2. The molecular formula is C25H19FN2O6. The van der Waals surface area contributed by atoms with Crippen LogP contribution in [-0.4, -0.2) is 35.6 Å². The molecule has 2 aliphatic heterocycles. The summed E-state index contributed by atoms with van der Waals surface area (Å²) in [4.78, 5) is 45.0. The van der Waals surface area contributed by atoms with Gasteiger partial charge in [-0.2, -0.15) is 0 Å². The van der Waals surface area contributed by atoms with E-state index in [0.29, 0.717) is 11.3 Å². The van der Waals surface area contributed by atoms with Crippen molar-refractivity contribution in [3.8, 4) is 5.75 Å². The molecule has 2 fully saturated rings. The zero-order chi connectivity index (χ0) is 23.8. The number of rotatable bonds is 6.